The van der Waals surface area contributed by atoms with Crippen LogP contribution in [0.15, 0.2) is 52.9 Å². The number of hydrogen-bond donors (Lipinski definition) is 3. The molecule has 2 aromatic carbocycles. The molecule has 294 valence electrons. The molecule has 2 atom stereocenters. The van der Waals surface area contributed by atoms with Gasteiger partial charge in [-0.2, -0.15) is 4.37 Å². The molecule has 7 rings (SSSR count). The minimum atomic E-state index is -0.123. The third kappa shape index (κ3) is 16.3. The van der Waals surface area contributed by atoms with Crippen LogP contribution in [-0.4, -0.2) is 108 Å². The van der Waals surface area contributed by atoms with Gasteiger partial charge < -0.3 is 34.3 Å². The van der Waals surface area contributed by atoms with E-state index in [9.17, 15) is 9.59 Å². The Morgan fingerprint density at radius 3 is 1.89 bits per heavy atom. The Morgan fingerprint density at radius 1 is 0.852 bits per heavy atom. The maximum absolute atomic E-state index is 11.9. The number of methoxy groups -OCH3 is 2. The number of hydrogen-bond acceptors (Lipinski definition) is 14. The van der Waals surface area contributed by atoms with Gasteiger partial charge in [0.1, 0.15) is 23.2 Å². The highest BCUT2D eigenvalue weighted by molar-refractivity contribution is 8.01. The van der Waals surface area contributed by atoms with Crippen LogP contribution in [0.1, 0.15) is 38.5 Å². The number of ether oxygens (including phenoxy) is 5. The average molecular weight is 840 g/mol. The summed E-state index contributed by atoms with van der Waals surface area (Å²) < 4.78 is 34.7. The maximum atomic E-state index is 11.9. The molecule has 0 spiro atoms. The van der Waals surface area contributed by atoms with Crippen LogP contribution in [-0.2, 0) is 23.8 Å². The molecule has 0 bridgehead atoms. The van der Waals surface area contributed by atoms with Gasteiger partial charge in [-0.25, -0.2) is 9.97 Å². The first-order chi connectivity index (χ1) is 26.4. The minimum absolute atomic E-state index is 0.00306. The fourth-order valence-electron chi connectivity index (χ4n) is 5.03. The van der Waals surface area contributed by atoms with Gasteiger partial charge >= 0.3 is 0 Å². The van der Waals surface area contributed by atoms with Crippen molar-refractivity contribution in [3.63, 3.8) is 0 Å². The Kier molecular flexibility index (Phi) is 20.2. The second-order valence-corrected chi connectivity index (χ2v) is 15.6. The van der Waals surface area contributed by atoms with Crippen molar-refractivity contribution in [3.8, 4) is 34.3 Å². The molecule has 0 radical (unpaired) electrons. The van der Waals surface area contributed by atoms with Crippen LogP contribution in [0.5, 0.6) is 11.5 Å². The third-order valence-electron chi connectivity index (χ3n) is 7.93. The van der Waals surface area contributed by atoms with Gasteiger partial charge in [-0.05, 0) is 122 Å². The summed E-state index contributed by atoms with van der Waals surface area (Å²) in [6, 6.07) is 15.3. The van der Waals surface area contributed by atoms with Crippen LogP contribution in [0.25, 0.3) is 22.8 Å². The number of thioether (sulfide) groups is 1. The van der Waals surface area contributed by atoms with E-state index in [-0.39, 0.29) is 29.9 Å². The Bertz CT molecular complexity index is 1700. The lowest BCUT2D eigenvalue weighted by Crippen LogP contribution is -2.32. The topological polar surface area (TPSA) is 159 Å². The van der Waals surface area contributed by atoms with Crippen molar-refractivity contribution in [2.24, 2.45) is 0 Å². The molecule has 3 aliphatic heterocycles. The highest BCUT2D eigenvalue weighted by Gasteiger charge is 2.17. The predicted molar refractivity (Wildman–Crippen MR) is 217 cm³/mol. The van der Waals surface area contributed by atoms with Crippen LogP contribution in [0.4, 0.5) is 0 Å². The third-order valence-corrected chi connectivity index (χ3v) is 10.9. The predicted octanol–water partition coefficient (Wildman–Crippen LogP) is 6.79. The fourth-order valence-corrected chi connectivity index (χ4v) is 7.27. The van der Waals surface area contributed by atoms with Gasteiger partial charge in [-0.15, -0.1) is 11.6 Å². The van der Waals surface area contributed by atoms with E-state index in [1.54, 1.807) is 14.2 Å². The molecule has 3 fully saturated rings. The summed E-state index contributed by atoms with van der Waals surface area (Å²) in [4.78, 5) is 31.2. The minimum Gasteiger partial charge on any atom is -0.497 e. The number of nitrogens with one attached hydrogen (secondary N) is 3. The largest absolute Gasteiger partial charge is 0.497 e. The van der Waals surface area contributed by atoms with E-state index in [4.69, 9.17) is 47.5 Å². The second kappa shape index (κ2) is 25.1. The maximum Gasteiger partial charge on any atom is 0.235 e. The van der Waals surface area contributed by atoms with Crippen LogP contribution >= 0.6 is 58.6 Å². The normalized spacial score (nSPS) is 17.2. The van der Waals surface area contributed by atoms with Gasteiger partial charge in [0, 0.05) is 50.6 Å². The molecule has 4 aromatic rings. The molecule has 13 nitrogen and oxygen atoms in total. The fraction of sp³-hybridized carbons (Fsp3) is 0.500. The number of carbonyl (C=O) groups excluding carboxylic acids is 2. The van der Waals surface area contributed by atoms with Crippen molar-refractivity contribution in [2.45, 2.75) is 55.1 Å². The van der Waals surface area contributed by atoms with Gasteiger partial charge in [-0.1, -0.05) is 11.8 Å². The number of aromatic nitrogens is 4. The second-order valence-electron chi connectivity index (χ2n) is 11.9. The van der Waals surface area contributed by atoms with Crippen molar-refractivity contribution in [1.82, 2.24) is 29.3 Å². The molecule has 3 N–H and O–H groups in total. The first-order valence-corrected chi connectivity index (χ1v) is 21.1. The Hall–Kier alpha value is -3.16. The molecule has 3 saturated heterocycles. The van der Waals surface area contributed by atoms with Crippen molar-refractivity contribution < 1.29 is 33.3 Å². The van der Waals surface area contributed by atoms with Crippen LogP contribution in [0, 0.1) is 3.95 Å². The van der Waals surface area contributed by atoms with E-state index >= 15 is 0 Å². The van der Waals surface area contributed by atoms with E-state index < -0.39 is 0 Å². The van der Waals surface area contributed by atoms with Gasteiger partial charge in [-0.3, -0.25) is 14.0 Å². The number of halogens is 1. The number of benzene rings is 2. The summed E-state index contributed by atoms with van der Waals surface area (Å²) in [5.74, 6) is 3.36. The van der Waals surface area contributed by atoms with Crippen LogP contribution in [0.2, 0.25) is 0 Å². The standard InChI is InChI=1S/C16H19N3O3S2.C9H8N2OS2.C7H12ClNO2.C4H8O/c1-21-12-6-4-11(5-7-12)15-18-16(24-19-15)23-10-14(20)17-9-13-3-2-8-22-13;1-12-7-4-2-6(3-5-7)8-10-9(13)14-11-8;8-4-7(10)9-5-6-2-1-3-11-6;1-2-4-5-3-1/h4-7,13H,2-3,8-10H2,1H3,(H,17,20);2-5H,1H3,(H,10,11,13);6H,1-5H2,(H,9,10);1-4H2. The number of H-pyrrole nitrogens is 1. The molecule has 54 heavy (non-hydrogen) atoms. The number of aromatic amines is 1. The summed E-state index contributed by atoms with van der Waals surface area (Å²) in [7, 11) is 3.28. The monoisotopic (exact) mass is 838 g/mol. The number of rotatable bonds is 12. The molecule has 0 saturated carbocycles. The van der Waals surface area contributed by atoms with Crippen molar-refractivity contribution in [1.29, 1.82) is 0 Å². The zero-order valence-corrected chi connectivity index (χ0v) is 34.4. The van der Waals surface area contributed by atoms with Gasteiger partial charge in [0.15, 0.2) is 14.1 Å². The smallest absolute Gasteiger partial charge is 0.235 e. The lowest BCUT2D eigenvalue weighted by Gasteiger charge is -2.09. The van der Waals surface area contributed by atoms with Crippen LogP contribution in [0.3, 0.4) is 0 Å². The van der Waals surface area contributed by atoms with E-state index in [0.29, 0.717) is 28.6 Å². The molecule has 2 aromatic heterocycles. The molecule has 0 aliphatic carbocycles. The van der Waals surface area contributed by atoms with E-state index in [1.165, 1.54) is 47.7 Å². The molecule has 5 heterocycles. The molecular weight excluding hydrogens is 792 g/mol. The van der Waals surface area contributed by atoms with E-state index in [0.717, 1.165) is 84.9 Å². The summed E-state index contributed by atoms with van der Waals surface area (Å²) >= 11 is 14.3. The first kappa shape index (κ1) is 43.6. The number of amides is 2. The highest BCUT2D eigenvalue weighted by atomic mass is 35.5. The summed E-state index contributed by atoms with van der Waals surface area (Å²) in [5.41, 5.74) is 1.94. The molecule has 2 unspecified atom stereocenters. The number of carbonyl (C=O) groups is 2. The number of nitrogens with zero attached hydrogens (tertiary/aromatic N) is 3. The van der Waals surface area contributed by atoms with Crippen molar-refractivity contribution in [2.75, 3.05) is 65.4 Å². The average Bonchev–Trinajstić information content (AvgIpc) is 4.07. The zero-order valence-electron chi connectivity index (χ0n) is 30.4. The lowest BCUT2D eigenvalue weighted by atomic mass is 10.2. The van der Waals surface area contributed by atoms with Crippen molar-refractivity contribution in [3.05, 3.63) is 52.5 Å². The van der Waals surface area contributed by atoms with Crippen LogP contribution < -0.4 is 20.1 Å². The molecule has 3 aliphatic rings. The SMILES string of the molecule is C1CCOC1.COc1ccc(-c2nc(=S)s[nH]2)cc1.COc1ccc(-c2nsc(SCC(=O)NCC3CCCO3)n2)cc1.O=C(CCl)NCC1CCCO1. The summed E-state index contributed by atoms with van der Waals surface area (Å²) in [5, 5.41) is 5.58. The van der Waals surface area contributed by atoms with Gasteiger partial charge in [0.05, 0.1) is 32.2 Å². The Labute approximate surface area is 338 Å². The molecular formula is C36H47ClN6O7S4. The quantitative estimate of drug-likeness (QED) is 0.0781. The van der Waals surface area contributed by atoms with E-state index in [1.807, 2.05) is 48.5 Å². The van der Waals surface area contributed by atoms with Gasteiger partial charge in [0.25, 0.3) is 0 Å². The molecule has 18 heteroatoms. The highest BCUT2D eigenvalue weighted by Crippen LogP contribution is 2.26. The first-order valence-electron chi connectivity index (χ1n) is 17.6. The van der Waals surface area contributed by atoms with Gasteiger partial charge in [0.2, 0.25) is 11.8 Å². The van der Waals surface area contributed by atoms with E-state index in [2.05, 4.69) is 29.3 Å². The zero-order chi connectivity index (χ0) is 38.4. The summed E-state index contributed by atoms with van der Waals surface area (Å²) in [6.45, 7) is 4.81. The number of alkyl halides is 1. The Morgan fingerprint density at radius 2 is 1.43 bits per heavy atom. The van der Waals surface area contributed by atoms with Crippen molar-refractivity contribution >= 4 is 70.5 Å². The summed E-state index contributed by atoms with van der Waals surface area (Å²) in [6.07, 6.45) is 7.18. The Balaban J connectivity index is 0.000000182. The lowest BCUT2D eigenvalue weighted by molar-refractivity contribution is -0.119. The molecule has 2 amide bonds.